The number of benzene rings is 2. The highest BCUT2D eigenvalue weighted by atomic mass is 16.2. The van der Waals surface area contributed by atoms with Gasteiger partial charge in [-0.1, -0.05) is 48.5 Å². The molecule has 2 aromatic heterocycles. The third kappa shape index (κ3) is 3.16. The van der Waals surface area contributed by atoms with Crippen molar-refractivity contribution in [2.75, 3.05) is 7.05 Å². The maximum Gasteiger partial charge on any atom is 0.272 e. The highest BCUT2D eigenvalue weighted by Gasteiger charge is 2.30. The lowest BCUT2D eigenvalue weighted by atomic mass is 10.0. The summed E-state index contributed by atoms with van der Waals surface area (Å²) >= 11 is 0. The van der Waals surface area contributed by atoms with Crippen molar-refractivity contribution in [2.45, 2.75) is 13.0 Å². The third-order valence-electron chi connectivity index (χ3n) is 4.64. The Bertz CT molecular complexity index is 1070. The smallest absolute Gasteiger partial charge is 0.272 e. The Kier molecular flexibility index (Phi) is 4.67. The number of aryl methyl sites for hydroxylation is 1. The van der Waals surface area contributed by atoms with Gasteiger partial charge >= 0.3 is 0 Å². The molecular weight excluding hydrogens is 354 g/mol. The van der Waals surface area contributed by atoms with Gasteiger partial charge in [0.1, 0.15) is 11.7 Å². The molecule has 2 heterocycles. The highest BCUT2D eigenvalue weighted by Crippen LogP contribution is 2.28. The highest BCUT2D eigenvalue weighted by molar-refractivity contribution is 5.92. The molecule has 28 heavy (non-hydrogen) atoms. The number of tetrazole rings is 1. The number of hydrogen-bond donors (Lipinski definition) is 1. The molecular formula is C20H19N7O. The average Bonchev–Trinajstić information content (AvgIpc) is 3.41. The van der Waals surface area contributed by atoms with Gasteiger partial charge in [-0.25, -0.2) is 0 Å². The van der Waals surface area contributed by atoms with E-state index in [9.17, 15) is 4.79 Å². The average molecular weight is 373 g/mol. The van der Waals surface area contributed by atoms with E-state index in [1.54, 1.807) is 28.9 Å². The standard InChI is InChI=1S/C20H19N7O/c1-14-8-6-7-11-17(14)27-19(23-24-25-27)18(15-9-4-3-5-10-15)26(2)20(28)16-12-13-21-22-16/h3-13,18H,1-2H3,(H,21,22)/t18-/m0/s1. The zero-order chi connectivity index (χ0) is 19.5. The number of rotatable bonds is 5. The number of aromatic amines is 1. The number of amides is 1. The number of hydrogen-bond acceptors (Lipinski definition) is 5. The SMILES string of the molecule is Cc1ccccc1-n1nnnc1[C@H](c1ccccc1)N(C)C(=O)c1ccn[nH]1. The second kappa shape index (κ2) is 7.43. The van der Waals surface area contributed by atoms with E-state index in [1.807, 2.05) is 61.5 Å². The molecule has 0 unspecified atom stereocenters. The molecule has 4 aromatic rings. The molecule has 0 saturated carbocycles. The summed E-state index contributed by atoms with van der Waals surface area (Å²) in [5, 5.41) is 19.0. The zero-order valence-corrected chi connectivity index (χ0v) is 15.5. The first kappa shape index (κ1) is 17.6. The predicted molar refractivity (Wildman–Crippen MR) is 103 cm³/mol. The lowest BCUT2D eigenvalue weighted by Gasteiger charge is -2.27. The van der Waals surface area contributed by atoms with E-state index in [0.717, 1.165) is 16.8 Å². The minimum absolute atomic E-state index is 0.203. The van der Waals surface area contributed by atoms with Crippen LogP contribution in [0.5, 0.6) is 0 Å². The molecule has 0 saturated heterocycles. The van der Waals surface area contributed by atoms with Crippen molar-refractivity contribution in [1.29, 1.82) is 0 Å². The Morgan fingerprint density at radius 1 is 1.07 bits per heavy atom. The summed E-state index contributed by atoms with van der Waals surface area (Å²) < 4.78 is 1.68. The molecule has 2 aromatic carbocycles. The van der Waals surface area contributed by atoms with Gasteiger partial charge in [0.05, 0.1) is 5.69 Å². The quantitative estimate of drug-likeness (QED) is 0.580. The van der Waals surface area contributed by atoms with Gasteiger partial charge < -0.3 is 4.90 Å². The first-order chi connectivity index (χ1) is 13.7. The molecule has 0 aliphatic carbocycles. The van der Waals surface area contributed by atoms with Crippen LogP contribution in [0, 0.1) is 6.92 Å². The summed E-state index contributed by atoms with van der Waals surface area (Å²) in [5.41, 5.74) is 3.21. The Morgan fingerprint density at radius 3 is 2.54 bits per heavy atom. The normalized spacial score (nSPS) is 11.9. The fraction of sp³-hybridized carbons (Fsp3) is 0.150. The van der Waals surface area contributed by atoms with Crippen molar-refractivity contribution in [3.8, 4) is 5.69 Å². The molecule has 1 atom stereocenters. The van der Waals surface area contributed by atoms with Gasteiger partial charge in [-0.15, -0.1) is 5.10 Å². The Morgan fingerprint density at radius 2 is 1.82 bits per heavy atom. The van der Waals surface area contributed by atoms with E-state index in [2.05, 4.69) is 25.7 Å². The number of H-pyrrole nitrogens is 1. The number of nitrogens with one attached hydrogen (secondary N) is 1. The molecule has 0 fully saturated rings. The van der Waals surface area contributed by atoms with Gasteiger partial charge in [0.15, 0.2) is 5.82 Å². The van der Waals surface area contributed by atoms with Crippen LogP contribution in [0.4, 0.5) is 0 Å². The van der Waals surface area contributed by atoms with E-state index in [4.69, 9.17) is 0 Å². The van der Waals surface area contributed by atoms with E-state index in [0.29, 0.717) is 11.5 Å². The monoisotopic (exact) mass is 373 g/mol. The summed E-state index contributed by atoms with van der Waals surface area (Å²) in [6, 6.07) is 18.7. The summed E-state index contributed by atoms with van der Waals surface area (Å²) in [6.45, 7) is 2.00. The minimum Gasteiger partial charge on any atom is -0.326 e. The summed E-state index contributed by atoms with van der Waals surface area (Å²) in [7, 11) is 1.73. The fourth-order valence-electron chi connectivity index (χ4n) is 3.20. The van der Waals surface area contributed by atoms with Crippen LogP contribution in [0.3, 0.4) is 0 Å². The Labute approximate surface area is 161 Å². The van der Waals surface area contributed by atoms with E-state index in [-0.39, 0.29) is 5.91 Å². The van der Waals surface area contributed by atoms with Crippen LogP contribution < -0.4 is 0 Å². The van der Waals surface area contributed by atoms with Crippen molar-refractivity contribution >= 4 is 5.91 Å². The third-order valence-corrected chi connectivity index (χ3v) is 4.64. The number of aromatic nitrogens is 6. The van der Waals surface area contributed by atoms with Crippen molar-refractivity contribution < 1.29 is 4.79 Å². The topological polar surface area (TPSA) is 92.6 Å². The van der Waals surface area contributed by atoms with Gasteiger partial charge in [-0.2, -0.15) is 9.78 Å². The molecule has 1 amide bonds. The maximum absolute atomic E-state index is 13.0. The summed E-state index contributed by atoms with van der Waals surface area (Å²) in [6.07, 6.45) is 1.55. The van der Waals surface area contributed by atoms with Crippen molar-refractivity contribution in [3.05, 3.63) is 89.5 Å². The molecule has 1 N–H and O–H groups in total. The molecule has 0 radical (unpaired) electrons. The molecule has 4 rings (SSSR count). The molecule has 0 aliphatic heterocycles. The molecule has 0 bridgehead atoms. The van der Waals surface area contributed by atoms with Crippen molar-refractivity contribution in [3.63, 3.8) is 0 Å². The van der Waals surface area contributed by atoms with Crippen molar-refractivity contribution in [1.82, 2.24) is 35.3 Å². The number of para-hydroxylation sites is 1. The van der Waals surface area contributed by atoms with Gasteiger partial charge in [0.2, 0.25) is 0 Å². The zero-order valence-electron chi connectivity index (χ0n) is 15.5. The Hall–Kier alpha value is -3.81. The molecule has 8 nitrogen and oxygen atoms in total. The maximum atomic E-state index is 13.0. The second-order valence-electron chi connectivity index (χ2n) is 6.43. The number of nitrogens with zero attached hydrogens (tertiary/aromatic N) is 6. The number of carbonyl (C=O) groups excluding carboxylic acids is 1. The molecule has 0 spiro atoms. The van der Waals surface area contributed by atoms with Crippen LogP contribution in [0.15, 0.2) is 66.9 Å². The van der Waals surface area contributed by atoms with Crippen LogP contribution in [-0.2, 0) is 0 Å². The molecule has 140 valence electrons. The van der Waals surface area contributed by atoms with E-state index in [1.165, 1.54) is 0 Å². The van der Waals surface area contributed by atoms with Gasteiger partial charge in [-0.05, 0) is 40.6 Å². The van der Waals surface area contributed by atoms with E-state index >= 15 is 0 Å². The van der Waals surface area contributed by atoms with Crippen LogP contribution in [0.2, 0.25) is 0 Å². The van der Waals surface area contributed by atoms with Crippen LogP contribution in [-0.4, -0.2) is 48.3 Å². The van der Waals surface area contributed by atoms with Crippen molar-refractivity contribution in [2.24, 2.45) is 0 Å². The van der Waals surface area contributed by atoms with Gasteiger partial charge in [-0.3, -0.25) is 9.89 Å². The summed E-state index contributed by atoms with van der Waals surface area (Å²) in [5.74, 6) is 0.349. The first-order valence-corrected chi connectivity index (χ1v) is 8.82. The lowest BCUT2D eigenvalue weighted by molar-refractivity contribution is 0.0742. The van der Waals surface area contributed by atoms with E-state index < -0.39 is 6.04 Å². The first-order valence-electron chi connectivity index (χ1n) is 8.82. The fourth-order valence-corrected chi connectivity index (χ4v) is 3.20. The van der Waals surface area contributed by atoms with Gasteiger partial charge in [0, 0.05) is 13.2 Å². The second-order valence-corrected chi connectivity index (χ2v) is 6.43. The largest absolute Gasteiger partial charge is 0.326 e. The van der Waals surface area contributed by atoms with Gasteiger partial charge in [0.25, 0.3) is 5.91 Å². The Balaban J connectivity index is 1.83. The van der Waals surface area contributed by atoms with Crippen LogP contribution in [0.25, 0.3) is 5.69 Å². The number of carbonyl (C=O) groups is 1. The summed E-state index contributed by atoms with van der Waals surface area (Å²) in [4.78, 5) is 14.6. The predicted octanol–water partition coefficient (Wildman–Crippen LogP) is 2.56. The van der Waals surface area contributed by atoms with Crippen LogP contribution >= 0.6 is 0 Å². The molecule has 0 aliphatic rings. The minimum atomic E-state index is -0.480. The molecule has 8 heteroatoms. The lowest BCUT2D eigenvalue weighted by Crippen LogP contribution is -2.34. The van der Waals surface area contributed by atoms with Crippen LogP contribution in [0.1, 0.15) is 33.5 Å².